The number of carbonyl (C=O) groups excluding carboxylic acids is 1. The largest absolute Gasteiger partial charge is 1.00 e. The minimum atomic E-state index is -0.716. The van der Waals surface area contributed by atoms with Crippen LogP contribution in [0.4, 0.5) is 0 Å². The van der Waals surface area contributed by atoms with Crippen LogP contribution in [0.2, 0.25) is 0 Å². The van der Waals surface area contributed by atoms with E-state index in [0.29, 0.717) is 5.92 Å². The zero-order chi connectivity index (χ0) is 23.4. The highest BCUT2D eigenvalue weighted by Crippen LogP contribution is 2.38. The molecule has 0 aromatic heterocycles. The van der Waals surface area contributed by atoms with E-state index in [1.165, 1.54) is 44.5 Å². The average Bonchev–Trinajstić information content (AvgIpc) is 2.90. The third kappa shape index (κ3) is 5.82. The van der Waals surface area contributed by atoms with Crippen LogP contribution in [-0.4, -0.2) is 72.2 Å². The standard InChI is InChI=1S/C29H39N2O2S.BrH/c1-29(26-12-6-3-7-13-26,30-16-21-34-22-17-30)28(32)33-27-23-31(19-14-25(27)15-20-31)18-8-11-24-9-4-2-5-10-24;/h2-7,9-10,12-13,25,27H,8,11,14-23H2,1H3;1H/q+1;/p-1/t25?,27-,29?,31?;/m0./s1. The molecular weight excluding hydrogens is 520 g/mol. The van der Waals surface area contributed by atoms with E-state index in [1.54, 1.807) is 0 Å². The first-order chi connectivity index (χ1) is 16.6. The van der Waals surface area contributed by atoms with Gasteiger partial charge in [0, 0.05) is 49.8 Å². The minimum Gasteiger partial charge on any atom is -1.00 e. The second-order valence-corrected chi connectivity index (χ2v) is 11.8. The number of hydrogen-bond donors (Lipinski definition) is 0. The third-order valence-corrected chi connectivity index (χ3v) is 9.56. The summed E-state index contributed by atoms with van der Waals surface area (Å²) >= 11 is 1.98. The van der Waals surface area contributed by atoms with Crippen LogP contribution in [0.1, 0.15) is 37.3 Å². The molecule has 0 N–H and O–H groups in total. The van der Waals surface area contributed by atoms with Gasteiger partial charge in [0.1, 0.15) is 12.1 Å². The molecule has 6 rings (SSSR count). The summed E-state index contributed by atoms with van der Waals surface area (Å²) in [6.07, 6.45) is 4.75. The molecular formula is C29H39BrN2O2S. The molecule has 1 unspecified atom stereocenters. The fourth-order valence-corrected chi connectivity index (χ4v) is 7.29. The van der Waals surface area contributed by atoms with Gasteiger partial charge in [0.05, 0.1) is 19.6 Å². The van der Waals surface area contributed by atoms with E-state index in [2.05, 4.69) is 54.3 Å². The molecule has 0 saturated carbocycles. The van der Waals surface area contributed by atoms with Gasteiger partial charge < -0.3 is 26.2 Å². The van der Waals surface area contributed by atoms with Crippen LogP contribution in [0.15, 0.2) is 60.7 Å². The molecule has 2 aromatic rings. The zero-order valence-electron chi connectivity index (χ0n) is 20.9. The summed E-state index contributed by atoms with van der Waals surface area (Å²) in [5.41, 5.74) is 1.76. The summed E-state index contributed by atoms with van der Waals surface area (Å²) in [6.45, 7) is 8.62. The number of benzene rings is 2. The number of aryl methyl sites for hydroxylation is 1. The molecule has 4 aliphatic rings. The lowest BCUT2D eigenvalue weighted by Crippen LogP contribution is -3.00. The molecule has 190 valence electrons. The molecule has 4 fully saturated rings. The van der Waals surface area contributed by atoms with Crippen LogP contribution in [0, 0.1) is 5.92 Å². The van der Waals surface area contributed by atoms with E-state index in [1.807, 2.05) is 30.0 Å². The Morgan fingerprint density at radius 3 is 2.31 bits per heavy atom. The van der Waals surface area contributed by atoms with E-state index in [0.717, 1.165) is 47.6 Å². The predicted octanol–water partition coefficient (Wildman–Crippen LogP) is 1.74. The molecule has 0 radical (unpaired) electrons. The topological polar surface area (TPSA) is 29.5 Å². The first-order valence-electron chi connectivity index (χ1n) is 13.1. The van der Waals surface area contributed by atoms with Gasteiger partial charge in [-0.2, -0.15) is 11.8 Å². The van der Waals surface area contributed by atoms with Crippen LogP contribution in [0.25, 0.3) is 0 Å². The van der Waals surface area contributed by atoms with Crippen molar-refractivity contribution in [2.45, 2.75) is 44.2 Å². The second-order valence-electron chi connectivity index (χ2n) is 10.6. The number of piperidine rings is 3. The van der Waals surface area contributed by atoms with Gasteiger partial charge in [-0.25, -0.2) is 4.79 Å². The number of ether oxygens (including phenoxy) is 1. The Morgan fingerprint density at radius 2 is 1.66 bits per heavy atom. The van der Waals surface area contributed by atoms with Crippen molar-refractivity contribution in [2.75, 3.05) is 50.8 Å². The van der Waals surface area contributed by atoms with E-state index in [-0.39, 0.29) is 29.1 Å². The van der Waals surface area contributed by atoms with Gasteiger partial charge in [0.25, 0.3) is 0 Å². The Bertz CT molecular complexity index is 946. The fourth-order valence-electron chi connectivity index (χ4n) is 6.39. The Balaban J connectivity index is 0.00000289. The van der Waals surface area contributed by atoms with Crippen molar-refractivity contribution < 1.29 is 31.0 Å². The fraction of sp³-hybridized carbons (Fsp3) is 0.552. The van der Waals surface area contributed by atoms with Gasteiger partial charge in [-0.3, -0.25) is 4.90 Å². The zero-order valence-corrected chi connectivity index (χ0v) is 23.3. The highest BCUT2D eigenvalue weighted by Gasteiger charge is 2.50. The molecule has 2 aromatic carbocycles. The normalized spacial score (nSPS) is 28.0. The van der Waals surface area contributed by atoms with Gasteiger partial charge in [-0.1, -0.05) is 60.7 Å². The van der Waals surface area contributed by atoms with E-state index in [9.17, 15) is 4.79 Å². The van der Waals surface area contributed by atoms with Crippen molar-refractivity contribution in [3.05, 3.63) is 71.8 Å². The maximum absolute atomic E-state index is 13.9. The lowest BCUT2D eigenvalue weighted by atomic mass is 9.82. The number of esters is 1. The molecule has 0 amide bonds. The van der Waals surface area contributed by atoms with Crippen LogP contribution in [0.3, 0.4) is 0 Å². The van der Waals surface area contributed by atoms with Gasteiger partial charge in [0.15, 0.2) is 6.10 Å². The molecule has 4 aliphatic heterocycles. The Hall–Kier alpha value is -1.34. The van der Waals surface area contributed by atoms with Gasteiger partial charge in [-0.15, -0.1) is 0 Å². The number of halogens is 1. The van der Waals surface area contributed by atoms with Crippen molar-refractivity contribution in [3.8, 4) is 0 Å². The second kappa shape index (κ2) is 11.8. The van der Waals surface area contributed by atoms with E-state index < -0.39 is 5.54 Å². The predicted molar refractivity (Wildman–Crippen MR) is 140 cm³/mol. The number of hydrogen-bond acceptors (Lipinski definition) is 4. The molecule has 4 saturated heterocycles. The van der Waals surface area contributed by atoms with E-state index in [4.69, 9.17) is 4.74 Å². The van der Waals surface area contributed by atoms with Crippen molar-refractivity contribution in [1.29, 1.82) is 0 Å². The van der Waals surface area contributed by atoms with Crippen LogP contribution < -0.4 is 17.0 Å². The number of quaternary nitrogens is 1. The summed E-state index contributed by atoms with van der Waals surface area (Å²) in [5, 5.41) is 0. The molecule has 0 aliphatic carbocycles. The summed E-state index contributed by atoms with van der Waals surface area (Å²) in [5.74, 6) is 2.62. The van der Waals surface area contributed by atoms with Crippen molar-refractivity contribution in [3.63, 3.8) is 0 Å². The van der Waals surface area contributed by atoms with Crippen LogP contribution >= 0.6 is 11.8 Å². The third-order valence-electron chi connectivity index (χ3n) is 8.62. The molecule has 6 heteroatoms. The number of thioether (sulfide) groups is 1. The Kier molecular flexibility index (Phi) is 9.01. The van der Waals surface area contributed by atoms with Crippen molar-refractivity contribution in [2.24, 2.45) is 5.92 Å². The molecule has 4 heterocycles. The monoisotopic (exact) mass is 558 g/mol. The maximum Gasteiger partial charge on any atom is 0.331 e. The summed E-state index contributed by atoms with van der Waals surface area (Å²) in [7, 11) is 0. The highest BCUT2D eigenvalue weighted by atomic mass is 79.9. The highest BCUT2D eigenvalue weighted by molar-refractivity contribution is 7.99. The van der Waals surface area contributed by atoms with Crippen molar-refractivity contribution >= 4 is 17.7 Å². The Morgan fingerprint density at radius 1 is 1.03 bits per heavy atom. The number of rotatable bonds is 8. The average molecular weight is 560 g/mol. The summed E-state index contributed by atoms with van der Waals surface area (Å²) in [4.78, 5) is 16.3. The SMILES string of the molecule is CC(C(=O)O[C@H]1C[N+]2(CCCc3ccccc3)CCC1CC2)(c1ccccc1)N1CCSCC1.[Br-]. The quantitative estimate of drug-likeness (QED) is 0.364. The molecule has 4 nitrogen and oxygen atoms in total. The Labute approximate surface area is 225 Å². The molecule has 2 atom stereocenters. The van der Waals surface area contributed by atoms with Gasteiger partial charge in [-0.05, 0) is 24.5 Å². The van der Waals surface area contributed by atoms with Crippen LogP contribution in [0.5, 0.6) is 0 Å². The summed E-state index contributed by atoms with van der Waals surface area (Å²) in [6, 6.07) is 21.1. The molecule has 2 bridgehead atoms. The lowest BCUT2D eigenvalue weighted by Gasteiger charge is -2.53. The van der Waals surface area contributed by atoms with Gasteiger partial charge in [0.2, 0.25) is 0 Å². The first kappa shape index (κ1) is 26.7. The van der Waals surface area contributed by atoms with Crippen LogP contribution in [-0.2, 0) is 21.5 Å². The summed E-state index contributed by atoms with van der Waals surface area (Å²) < 4.78 is 7.61. The lowest BCUT2D eigenvalue weighted by molar-refractivity contribution is -0.946. The maximum atomic E-state index is 13.9. The van der Waals surface area contributed by atoms with Gasteiger partial charge >= 0.3 is 5.97 Å². The smallest absolute Gasteiger partial charge is 0.331 e. The number of fused-ring (bicyclic) bond motifs is 3. The molecule has 0 spiro atoms. The number of nitrogens with zero attached hydrogens (tertiary/aromatic N) is 2. The first-order valence-corrected chi connectivity index (χ1v) is 14.2. The number of carbonyl (C=O) groups is 1. The molecule has 35 heavy (non-hydrogen) atoms. The van der Waals surface area contributed by atoms with E-state index >= 15 is 0 Å². The van der Waals surface area contributed by atoms with Crippen molar-refractivity contribution in [1.82, 2.24) is 4.90 Å². The minimum absolute atomic E-state index is 0.